The van der Waals surface area contributed by atoms with Crippen molar-refractivity contribution in [1.29, 1.82) is 0 Å². The van der Waals surface area contributed by atoms with Gasteiger partial charge in [0.1, 0.15) is 16.6 Å². The molecule has 2 amide bonds. The Morgan fingerprint density at radius 3 is 2.25 bits per heavy atom. The molecule has 0 atom stereocenters. The lowest BCUT2D eigenvalue weighted by atomic mass is 10.1. The Bertz CT molecular complexity index is 904. The Morgan fingerprint density at radius 1 is 1.00 bits per heavy atom. The highest BCUT2D eigenvalue weighted by molar-refractivity contribution is 6.55. The number of hydrogen-bond acceptors (Lipinski definition) is 3. The second kappa shape index (κ2) is 8.57. The van der Waals surface area contributed by atoms with Crippen molar-refractivity contribution in [1.82, 2.24) is 4.90 Å². The average molecular weight is 402 g/mol. The molecule has 4 nitrogen and oxygen atoms in total. The maximum absolute atomic E-state index is 13.0. The topological polar surface area (TPSA) is 46.6 Å². The first kappa shape index (κ1) is 20.1. The third-order valence-corrected chi connectivity index (χ3v) is 4.73. The van der Waals surface area contributed by atoms with Gasteiger partial charge in [-0.15, -0.1) is 0 Å². The van der Waals surface area contributed by atoms with E-state index >= 15 is 0 Å². The second-order valence-corrected chi connectivity index (χ2v) is 7.43. The van der Waals surface area contributed by atoms with Gasteiger partial charge in [0.05, 0.1) is 12.2 Å². The third-order valence-electron chi connectivity index (χ3n) is 4.38. The van der Waals surface area contributed by atoms with Gasteiger partial charge in [-0.25, -0.2) is 4.39 Å². The van der Waals surface area contributed by atoms with Crippen molar-refractivity contribution in [3.05, 3.63) is 70.5 Å². The van der Waals surface area contributed by atoms with Gasteiger partial charge in [-0.1, -0.05) is 49.7 Å². The summed E-state index contributed by atoms with van der Waals surface area (Å²) in [5.74, 6) is -0.165. The van der Waals surface area contributed by atoms with E-state index in [9.17, 15) is 14.0 Å². The molecule has 0 spiro atoms. The van der Waals surface area contributed by atoms with Crippen LogP contribution in [0.4, 0.5) is 4.39 Å². The molecule has 1 aliphatic heterocycles. The van der Waals surface area contributed by atoms with E-state index in [0.717, 1.165) is 10.5 Å². The van der Waals surface area contributed by atoms with Gasteiger partial charge in [0, 0.05) is 6.54 Å². The Morgan fingerprint density at radius 2 is 1.64 bits per heavy atom. The molecule has 0 aliphatic carbocycles. The molecule has 0 saturated carbocycles. The number of halogens is 2. The van der Waals surface area contributed by atoms with E-state index in [1.165, 1.54) is 12.1 Å². The first-order valence-corrected chi connectivity index (χ1v) is 9.48. The van der Waals surface area contributed by atoms with Crippen LogP contribution in [0.2, 0.25) is 0 Å². The normalized spacial score (nSPS) is 14.4. The Hall–Kier alpha value is -2.66. The van der Waals surface area contributed by atoms with E-state index in [1.54, 1.807) is 36.4 Å². The molecule has 2 aromatic carbocycles. The summed E-state index contributed by atoms with van der Waals surface area (Å²) in [7, 11) is 0. The molecule has 146 valence electrons. The minimum absolute atomic E-state index is 0.0834. The SMILES string of the molecule is CC(C)COc1ccc(C2=C(Cl)C(=O)N(CCc3ccc(F)cc3)C2=O)cc1. The second-order valence-electron chi connectivity index (χ2n) is 7.06. The number of amides is 2. The van der Waals surface area contributed by atoms with Crippen molar-refractivity contribution in [2.75, 3.05) is 13.2 Å². The number of rotatable bonds is 7. The molecule has 1 heterocycles. The maximum atomic E-state index is 13.0. The zero-order valence-corrected chi connectivity index (χ0v) is 16.5. The molecule has 0 saturated heterocycles. The summed E-state index contributed by atoms with van der Waals surface area (Å²) in [6, 6.07) is 12.9. The fourth-order valence-corrected chi connectivity index (χ4v) is 3.16. The van der Waals surface area contributed by atoms with Crippen LogP contribution in [0.25, 0.3) is 5.57 Å². The van der Waals surface area contributed by atoms with E-state index < -0.39 is 11.8 Å². The van der Waals surface area contributed by atoms with Gasteiger partial charge in [0.25, 0.3) is 11.8 Å². The van der Waals surface area contributed by atoms with Gasteiger partial charge in [-0.3, -0.25) is 14.5 Å². The van der Waals surface area contributed by atoms with Crippen molar-refractivity contribution in [3.63, 3.8) is 0 Å². The number of imide groups is 1. The van der Waals surface area contributed by atoms with Crippen LogP contribution in [-0.4, -0.2) is 29.9 Å². The van der Waals surface area contributed by atoms with Crippen LogP contribution in [0.3, 0.4) is 0 Å². The fraction of sp³-hybridized carbons (Fsp3) is 0.273. The first-order valence-electron chi connectivity index (χ1n) is 9.10. The summed E-state index contributed by atoms with van der Waals surface area (Å²) in [4.78, 5) is 26.4. The molecule has 0 bridgehead atoms. The summed E-state index contributed by atoms with van der Waals surface area (Å²) in [5, 5.41) is -0.0834. The van der Waals surface area contributed by atoms with Crippen LogP contribution < -0.4 is 4.74 Å². The van der Waals surface area contributed by atoms with E-state index in [0.29, 0.717) is 30.3 Å². The quantitative estimate of drug-likeness (QED) is 0.645. The lowest BCUT2D eigenvalue weighted by Gasteiger charge is -2.15. The van der Waals surface area contributed by atoms with Crippen molar-refractivity contribution in [2.45, 2.75) is 20.3 Å². The number of benzene rings is 2. The molecule has 1 aliphatic rings. The average Bonchev–Trinajstić information content (AvgIpc) is 2.89. The zero-order valence-electron chi connectivity index (χ0n) is 15.7. The fourth-order valence-electron chi connectivity index (χ4n) is 2.87. The summed E-state index contributed by atoms with van der Waals surface area (Å²) < 4.78 is 18.6. The molecule has 3 rings (SSSR count). The van der Waals surface area contributed by atoms with E-state index in [1.807, 2.05) is 0 Å². The molecule has 28 heavy (non-hydrogen) atoms. The number of hydrogen-bond donors (Lipinski definition) is 0. The van der Waals surface area contributed by atoms with Crippen LogP contribution in [0.5, 0.6) is 5.75 Å². The summed E-state index contributed by atoms with van der Waals surface area (Å²) >= 11 is 6.18. The predicted octanol–water partition coefficient (Wildman–Crippen LogP) is 4.42. The smallest absolute Gasteiger partial charge is 0.273 e. The molecule has 0 fully saturated rings. The third kappa shape index (κ3) is 4.42. The van der Waals surface area contributed by atoms with E-state index in [2.05, 4.69) is 13.8 Å². The van der Waals surface area contributed by atoms with Crippen LogP contribution >= 0.6 is 11.6 Å². The molecule has 0 aromatic heterocycles. The minimum atomic E-state index is -0.510. The number of carbonyl (C=O) groups excluding carboxylic acids is 2. The van der Waals surface area contributed by atoms with Gasteiger partial charge in [0.15, 0.2) is 0 Å². The van der Waals surface area contributed by atoms with Gasteiger partial charge >= 0.3 is 0 Å². The predicted molar refractivity (Wildman–Crippen MR) is 106 cm³/mol. The highest BCUT2D eigenvalue weighted by Crippen LogP contribution is 2.32. The van der Waals surface area contributed by atoms with Crippen molar-refractivity contribution in [3.8, 4) is 5.75 Å². The Labute approximate surface area is 168 Å². The highest BCUT2D eigenvalue weighted by atomic mass is 35.5. The Balaban J connectivity index is 1.71. The van der Waals surface area contributed by atoms with Crippen LogP contribution in [0.15, 0.2) is 53.6 Å². The van der Waals surface area contributed by atoms with Crippen LogP contribution in [0.1, 0.15) is 25.0 Å². The summed E-state index contributed by atoms with van der Waals surface area (Å²) in [6.07, 6.45) is 0.428. The highest BCUT2D eigenvalue weighted by Gasteiger charge is 2.37. The maximum Gasteiger partial charge on any atom is 0.273 e. The standard InChI is InChI=1S/C22H21ClFNO3/c1-14(2)13-28-18-9-5-16(6-10-18)19-20(23)22(27)25(21(19)26)12-11-15-3-7-17(24)8-4-15/h3-10,14H,11-13H2,1-2H3. The molecule has 6 heteroatoms. The summed E-state index contributed by atoms with van der Waals surface area (Å²) in [5.41, 5.74) is 1.60. The Kier molecular flexibility index (Phi) is 6.15. The van der Waals surface area contributed by atoms with Crippen LogP contribution in [0, 0.1) is 11.7 Å². The molecular weight excluding hydrogens is 381 g/mol. The number of nitrogens with zero attached hydrogens (tertiary/aromatic N) is 1. The van der Waals surface area contributed by atoms with Gasteiger partial charge in [-0.2, -0.15) is 0 Å². The minimum Gasteiger partial charge on any atom is -0.493 e. The van der Waals surface area contributed by atoms with Crippen molar-refractivity contribution in [2.24, 2.45) is 5.92 Å². The van der Waals surface area contributed by atoms with E-state index in [-0.39, 0.29) is 23.0 Å². The molecule has 0 radical (unpaired) electrons. The van der Waals surface area contributed by atoms with Crippen molar-refractivity contribution < 1.29 is 18.7 Å². The van der Waals surface area contributed by atoms with Gasteiger partial charge in [-0.05, 0) is 47.7 Å². The van der Waals surface area contributed by atoms with E-state index in [4.69, 9.17) is 16.3 Å². The summed E-state index contributed by atoms with van der Waals surface area (Å²) in [6.45, 7) is 4.89. The monoisotopic (exact) mass is 401 g/mol. The zero-order chi connectivity index (χ0) is 20.3. The number of ether oxygens (including phenoxy) is 1. The van der Waals surface area contributed by atoms with Gasteiger partial charge < -0.3 is 4.74 Å². The lowest BCUT2D eigenvalue weighted by molar-refractivity contribution is -0.136. The van der Waals surface area contributed by atoms with Crippen LogP contribution in [-0.2, 0) is 16.0 Å². The van der Waals surface area contributed by atoms with Gasteiger partial charge in [0.2, 0.25) is 0 Å². The number of carbonyl (C=O) groups is 2. The molecular formula is C22H21ClFNO3. The molecule has 0 N–H and O–H groups in total. The largest absolute Gasteiger partial charge is 0.493 e. The lowest BCUT2D eigenvalue weighted by Crippen LogP contribution is -2.33. The van der Waals surface area contributed by atoms with Crippen molar-refractivity contribution >= 4 is 29.0 Å². The molecule has 0 unspecified atom stereocenters. The first-order chi connectivity index (χ1) is 13.4. The molecule has 2 aromatic rings.